The van der Waals surface area contributed by atoms with Gasteiger partial charge in [-0.2, -0.15) is 5.26 Å². The number of carboxylic acids is 1. The lowest BCUT2D eigenvalue weighted by atomic mass is 10.1. The Balaban J connectivity index is 2.58. The number of nitriles is 1. The normalized spacial score (nSPS) is 20.1. The van der Waals surface area contributed by atoms with Crippen LogP contribution in [0.15, 0.2) is 0 Å². The fourth-order valence-corrected chi connectivity index (χ4v) is 1.67. The molecule has 78 valence electrons. The summed E-state index contributed by atoms with van der Waals surface area (Å²) in [6.45, 7) is 1.89. The van der Waals surface area contributed by atoms with Crippen molar-refractivity contribution in [2.75, 3.05) is 7.05 Å². The van der Waals surface area contributed by atoms with Gasteiger partial charge in [0.2, 0.25) is 0 Å². The summed E-state index contributed by atoms with van der Waals surface area (Å²) < 4.78 is 0. The molecule has 0 aromatic heterocycles. The molecule has 0 amide bonds. The highest BCUT2D eigenvalue weighted by molar-refractivity contribution is 5.74. The molecular formula is C10H16N2O2. The molecule has 4 nitrogen and oxygen atoms in total. The van der Waals surface area contributed by atoms with Gasteiger partial charge in [0.1, 0.15) is 6.04 Å². The van der Waals surface area contributed by atoms with Gasteiger partial charge in [0.05, 0.1) is 12.5 Å². The molecule has 0 aliphatic heterocycles. The van der Waals surface area contributed by atoms with E-state index in [2.05, 4.69) is 6.07 Å². The summed E-state index contributed by atoms with van der Waals surface area (Å²) in [5, 5.41) is 17.6. The number of hydrogen-bond donors (Lipinski definition) is 1. The van der Waals surface area contributed by atoms with Crippen molar-refractivity contribution in [1.29, 1.82) is 5.26 Å². The van der Waals surface area contributed by atoms with Crippen LogP contribution in [0, 0.1) is 17.2 Å². The molecule has 4 heteroatoms. The largest absolute Gasteiger partial charge is 0.480 e. The predicted octanol–water partition coefficient (Wildman–Crippen LogP) is 1.08. The number of carbonyl (C=O) groups is 1. The molecule has 1 saturated carbocycles. The summed E-state index contributed by atoms with van der Waals surface area (Å²) in [6.07, 6.45) is 2.38. The second kappa shape index (κ2) is 4.43. The molecule has 0 heterocycles. The number of nitrogens with zero attached hydrogens (tertiary/aromatic N) is 2. The molecule has 0 saturated heterocycles. The van der Waals surface area contributed by atoms with Crippen LogP contribution in [0.25, 0.3) is 0 Å². The van der Waals surface area contributed by atoms with Gasteiger partial charge in [-0.1, -0.05) is 0 Å². The maximum atomic E-state index is 11.0. The minimum Gasteiger partial charge on any atom is -0.480 e. The van der Waals surface area contributed by atoms with E-state index in [9.17, 15) is 4.79 Å². The second-order valence-electron chi connectivity index (χ2n) is 4.00. The van der Waals surface area contributed by atoms with Crippen molar-refractivity contribution in [3.63, 3.8) is 0 Å². The first-order valence-electron chi connectivity index (χ1n) is 4.89. The molecule has 14 heavy (non-hydrogen) atoms. The maximum absolute atomic E-state index is 11.0. The van der Waals surface area contributed by atoms with E-state index in [1.807, 2.05) is 11.8 Å². The van der Waals surface area contributed by atoms with Gasteiger partial charge in [0.25, 0.3) is 0 Å². The third-order valence-corrected chi connectivity index (χ3v) is 2.84. The zero-order valence-corrected chi connectivity index (χ0v) is 8.60. The molecule has 1 aliphatic carbocycles. The molecule has 1 rings (SSSR count). The smallest absolute Gasteiger partial charge is 0.321 e. The molecular weight excluding hydrogens is 180 g/mol. The van der Waals surface area contributed by atoms with E-state index >= 15 is 0 Å². The number of hydrogen-bond acceptors (Lipinski definition) is 3. The van der Waals surface area contributed by atoms with Crippen LogP contribution in [-0.2, 0) is 4.79 Å². The standard InChI is InChI=1S/C10H16N2O2/c1-7(5-6-11)12(2)9(10(13)14)8-3-4-8/h7-9H,3-5H2,1-2H3,(H,13,14). The Kier molecular flexibility index (Phi) is 3.48. The monoisotopic (exact) mass is 196 g/mol. The average molecular weight is 196 g/mol. The van der Waals surface area contributed by atoms with Crippen LogP contribution >= 0.6 is 0 Å². The Hall–Kier alpha value is -1.08. The van der Waals surface area contributed by atoms with E-state index in [1.165, 1.54) is 0 Å². The van der Waals surface area contributed by atoms with Gasteiger partial charge in [-0.25, -0.2) is 0 Å². The first-order valence-corrected chi connectivity index (χ1v) is 4.89. The minimum atomic E-state index is -0.764. The minimum absolute atomic E-state index is 0.0155. The van der Waals surface area contributed by atoms with E-state index in [0.29, 0.717) is 12.3 Å². The summed E-state index contributed by atoms with van der Waals surface area (Å²) in [6, 6.07) is 1.68. The van der Waals surface area contributed by atoms with E-state index in [-0.39, 0.29) is 6.04 Å². The highest BCUT2D eigenvalue weighted by atomic mass is 16.4. The van der Waals surface area contributed by atoms with E-state index in [1.54, 1.807) is 7.05 Å². The number of likely N-dealkylation sites (N-methyl/N-ethyl adjacent to an activating group) is 1. The van der Waals surface area contributed by atoms with Crippen LogP contribution in [0.2, 0.25) is 0 Å². The Morgan fingerprint density at radius 2 is 2.29 bits per heavy atom. The molecule has 1 N–H and O–H groups in total. The summed E-state index contributed by atoms with van der Waals surface area (Å²) in [7, 11) is 1.79. The highest BCUT2D eigenvalue weighted by Gasteiger charge is 2.40. The number of carboxylic acid groups (broad SMARTS) is 1. The summed E-state index contributed by atoms with van der Waals surface area (Å²) in [5.74, 6) is -0.474. The van der Waals surface area contributed by atoms with Crippen molar-refractivity contribution in [2.45, 2.75) is 38.3 Å². The summed E-state index contributed by atoms with van der Waals surface area (Å²) in [5.41, 5.74) is 0. The lowest BCUT2D eigenvalue weighted by Gasteiger charge is -2.29. The zero-order chi connectivity index (χ0) is 10.7. The van der Waals surface area contributed by atoms with Crippen molar-refractivity contribution >= 4 is 5.97 Å². The zero-order valence-electron chi connectivity index (χ0n) is 8.60. The van der Waals surface area contributed by atoms with Crippen LogP contribution in [0.4, 0.5) is 0 Å². The average Bonchev–Trinajstić information content (AvgIpc) is 2.88. The van der Waals surface area contributed by atoms with Crippen LogP contribution in [0.3, 0.4) is 0 Å². The fraction of sp³-hybridized carbons (Fsp3) is 0.800. The lowest BCUT2D eigenvalue weighted by Crippen LogP contribution is -2.44. The molecule has 0 aromatic rings. The molecule has 0 radical (unpaired) electrons. The molecule has 0 aromatic carbocycles. The Labute approximate surface area is 84.1 Å². The van der Waals surface area contributed by atoms with Crippen LogP contribution in [-0.4, -0.2) is 35.1 Å². The van der Waals surface area contributed by atoms with Crippen LogP contribution in [0.5, 0.6) is 0 Å². The first kappa shape index (κ1) is 11.0. The van der Waals surface area contributed by atoms with Gasteiger partial charge < -0.3 is 5.11 Å². The van der Waals surface area contributed by atoms with Gasteiger partial charge in [-0.05, 0) is 32.7 Å². The van der Waals surface area contributed by atoms with Gasteiger partial charge >= 0.3 is 5.97 Å². The lowest BCUT2D eigenvalue weighted by molar-refractivity contribution is -0.144. The van der Waals surface area contributed by atoms with Crippen molar-refractivity contribution in [1.82, 2.24) is 4.90 Å². The van der Waals surface area contributed by atoms with Crippen molar-refractivity contribution < 1.29 is 9.90 Å². The van der Waals surface area contributed by atoms with Gasteiger partial charge in [0, 0.05) is 6.04 Å². The molecule has 2 unspecified atom stereocenters. The van der Waals surface area contributed by atoms with Crippen molar-refractivity contribution in [3.8, 4) is 6.07 Å². The third kappa shape index (κ3) is 2.46. The Morgan fingerprint density at radius 3 is 2.64 bits per heavy atom. The van der Waals surface area contributed by atoms with Gasteiger partial charge in [-0.15, -0.1) is 0 Å². The van der Waals surface area contributed by atoms with Gasteiger partial charge in [0.15, 0.2) is 0 Å². The van der Waals surface area contributed by atoms with Gasteiger partial charge in [-0.3, -0.25) is 9.69 Å². The predicted molar refractivity (Wildman–Crippen MR) is 51.6 cm³/mol. The van der Waals surface area contributed by atoms with E-state index in [4.69, 9.17) is 10.4 Å². The topological polar surface area (TPSA) is 64.3 Å². The fourth-order valence-electron chi connectivity index (χ4n) is 1.67. The molecule has 2 atom stereocenters. The van der Waals surface area contributed by atoms with E-state index < -0.39 is 12.0 Å². The molecule has 1 aliphatic rings. The third-order valence-electron chi connectivity index (χ3n) is 2.84. The number of rotatable bonds is 5. The molecule has 0 spiro atoms. The van der Waals surface area contributed by atoms with Crippen LogP contribution in [0.1, 0.15) is 26.2 Å². The first-order chi connectivity index (χ1) is 6.57. The van der Waals surface area contributed by atoms with E-state index in [0.717, 1.165) is 12.8 Å². The summed E-state index contributed by atoms with van der Waals surface area (Å²) >= 11 is 0. The second-order valence-corrected chi connectivity index (χ2v) is 4.00. The SMILES string of the molecule is CC(CC#N)N(C)C(C(=O)O)C1CC1. The Bertz CT molecular complexity index is 255. The molecule has 0 bridgehead atoms. The highest BCUT2D eigenvalue weighted by Crippen LogP contribution is 2.35. The Morgan fingerprint density at radius 1 is 1.71 bits per heavy atom. The van der Waals surface area contributed by atoms with Crippen LogP contribution < -0.4 is 0 Å². The van der Waals surface area contributed by atoms with Crippen molar-refractivity contribution in [3.05, 3.63) is 0 Å². The number of aliphatic carboxylic acids is 1. The van der Waals surface area contributed by atoms with Crippen molar-refractivity contribution in [2.24, 2.45) is 5.92 Å². The summed E-state index contributed by atoms with van der Waals surface area (Å²) in [4.78, 5) is 12.8. The molecule has 1 fully saturated rings. The maximum Gasteiger partial charge on any atom is 0.321 e. The quantitative estimate of drug-likeness (QED) is 0.714.